The largest absolute Gasteiger partial charge is 0.489 e. The zero-order valence-electron chi connectivity index (χ0n) is 18.2. The van der Waals surface area contributed by atoms with Gasteiger partial charge in [-0.1, -0.05) is 30.6 Å². The minimum atomic E-state index is -0.114. The lowest BCUT2D eigenvalue weighted by Crippen LogP contribution is -2.14. The van der Waals surface area contributed by atoms with E-state index in [-0.39, 0.29) is 18.5 Å². The van der Waals surface area contributed by atoms with Crippen LogP contribution in [0.4, 0.5) is 17.2 Å². The van der Waals surface area contributed by atoms with Gasteiger partial charge >= 0.3 is 0 Å². The summed E-state index contributed by atoms with van der Waals surface area (Å²) in [5, 5.41) is 17.3. The van der Waals surface area contributed by atoms with Crippen LogP contribution < -0.4 is 15.4 Å². The van der Waals surface area contributed by atoms with Crippen molar-refractivity contribution in [1.82, 2.24) is 15.0 Å². The van der Waals surface area contributed by atoms with E-state index in [2.05, 4.69) is 40.7 Å². The molecule has 1 saturated heterocycles. The maximum absolute atomic E-state index is 11.6. The van der Waals surface area contributed by atoms with Crippen LogP contribution in [0.2, 0.25) is 12.6 Å². The van der Waals surface area contributed by atoms with Crippen molar-refractivity contribution in [3.8, 4) is 23.0 Å². The first-order valence-corrected chi connectivity index (χ1v) is 11.5. The molecule has 5 rings (SSSR count). The molecule has 0 spiro atoms. The van der Waals surface area contributed by atoms with Gasteiger partial charge in [-0.15, -0.1) is 14.1 Å². The quantitative estimate of drug-likeness (QED) is 0.241. The molecule has 0 amide bonds. The molecule has 0 bridgehead atoms. The molecule has 1 N–H and O–H groups in total. The molecule has 2 aromatic carbocycles. The van der Waals surface area contributed by atoms with Crippen LogP contribution in [0.1, 0.15) is 6.42 Å². The van der Waals surface area contributed by atoms with Crippen molar-refractivity contribution in [3.63, 3.8) is 0 Å². The van der Waals surface area contributed by atoms with Crippen molar-refractivity contribution in [2.24, 2.45) is 5.18 Å². The predicted molar refractivity (Wildman–Crippen MR) is 137 cm³/mol. The van der Waals surface area contributed by atoms with Crippen LogP contribution in [0.15, 0.2) is 66.2 Å². The second-order valence-electron chi connectivity index (χ2n) is 8.17. The molecule has 166 valence electrons. The number of nitrogens with one attached hydrogen (secondary N) is 1. The Bertz CT molecular complexity index is 1430. The summed E-state index contributed by atoms with van der Waals surface area (Å²) in [6.07, 6.45) is 5.30. The van der Waals surface area contributed by atoms with Crippen LogP contribution in [0.5, 0.6) is 5.75 Å². The highest BCUT2D eigenvalue weighted by Crippen LogP contribution is 2.37. The zero-order valence-corrected chi connectivity index (χ0v) is 19.3. The molecule has 1 aliphatic heterocycles. The molecule has 4 aromatic rings. The highest BCUT2D eigenvalue weighted by molar-refractivity contribution is 7.28. The number of hydrogen-bond acceptors (Lipinski definition) is 8. The van der Waals surface area contributed by atoms with Crippen molar-refractivity contribution in [2.75, 3.05) is 5.32 Å². The van der Waals surface area contributed by atoms with Gasteiger partial charge in [-0.3, -0.25) is 4.98 Å². The first-order valence-electron chi connectivity index (χ1n) is 10.9. The minimum absolute atomic E-state index is 0.0141. The van der Waals surface area contributed by atoms with Crippen LogP contribution in [-0.2, 0) is 0 Å². The molecule has 10 heteroatoms. The van der Waals surface area contributed by atoms with E-state index in [9.17, 15) is 4.91 Å². The normalized spacial score (nSPS) is 15.2. The number of rotatable bonds is 6. The van der Waals surface area contributed by atoms with E-state index in [0.29, 0.717) is 28.8 Å². The van der Waals surface area contributed by atoms with Crippen LogP contribution in [0.25, 0.3) is 22.2 Å². The smallest absolute Gasteiger partial charge is 0.271 e. The molecule has 1 aliphatic rings. The Hall–Kier alpha value is -3.89. The van der Waals surface area contributed by atoms with E-state index in [1.165, 1.54) is 6.33 Å². The molecule has 0 aliphatic carbocycles. The van der Waals surface area contributed by atoms with E-state index in [4.69, 9.17) is 10.00 Å². The van der Waals surface area contributed by atoms with Gasteiger partial charge in [0.1, 0.15) is 12.1 Å². The summed E-state index contributed by atoms with van der Waals surface area (Å²) in [5.74, 6) is 3.20. The van der Waals surface area contributed by atoms with Crippen LogP contribution in [0, 0.1) is 16.1 Å². The second-order valence-corrected chi connectivity index (χ2v) is 8.79. The van der Waals surface area contributed by atoms with Gasteiger partial charge in [-0.05, 0) is 41.4 Å². The maximum Gasteiger partial charge on any atom is 0.271 e. The number of anilines is 2. The van der Waals surface area contributed by atoms with Crippen molar-refractivity contribution in [3.05, 3.63) is 66.0 Å². The molecule has 0 radical (unpaired) electrons. The lowest BCUT2D eigenvalue weighted by Gasteiger charge is -2.16. The summed E-state index contributed by atoms with van der Waals surface area (Å²) in [6, 6.07) is 15.1. The summed E-state index contributed by atoms with van der Waals surface area (Å²) in [6.45, 7) is -0.0141. The first-order chi connectivity index (χ1) is 16.6. The standard InChI is InChI=1S/C24H20BN6O2P/c26-13-25-7-5-16(12-25)33-22-11-20-18(10-21(22)31-32)24(29-14-28-20)30-15-6-8-27-19(9-15)17-3-1-2-4-23(17)34/h1-4,6,8-11,14,16H,5,7,12,34H2,(H,27,28,29,30). The Morgan fingerprint density at radius 2 is 2.06 bits per heavy atom. The third-order valence-electron chi connectivity index (χ3n) is 5.93. The Kier molecular flexibility index (Phi) is 6.15. The summed E-state index contributed by atoms with van der Waals surface area (Å²) in [5.41, 5.74) is 3.45. The van der Waals surface area contributed by atoms with E-state index in [0.717, 1.165) is 35.0 Å². The molecular weight excluding hydrogens is 446 g/mol. The summed E-state index contributed by atoms with van der Waals surface area (Å²) in [4.78, 5) is 24.9. The van der Waals surface area contributed by atoms with E-state index in [1.807, 2.05) is 36.4 Å². The van der Waals surface area contributed by atoms with Crippen molar-refractivity contribution < 1.29 is 4.74 Å². The molecule has 2 aromatic heterocycles. The van der Waals surface area contributed by atoms with Crippen molar-refractivity contribution in [2.45, 2.75) is 25.2 Å². The van der Waals surface area contributed by atoms with Gasteiger partial charge in [0.05, 0.1) is 17.3 Å². The highest BCUT2D eigenvalue weighted by Gasteiger charge is 2.30. The number of nitrogens with zero attached hydrogens (tertiary/aromatic N) is 5. The number of fused-ring (bicyclic) bond motifs is 1. The molecule has 34 heavy (non-hydrogen) atoms. The van der Waals surface area contributed by atoms with Gasteiger partial charge in [-0.25, -0.2) is 15.2 Å². The Morgan fingerprint density at radius 3 is 2.85 bits per heavy atom. The fourth-order valence-corrected chi connectivity index (χ4v) is 4.56. The van der Waals surface area contributed by atoms with Gasteiger partial charge in [0, 0.05) is 34.9 Å². The van der Waals surface area contributed by atoms with Crippen molar-refractivity contribution in [1.29, 1.82) is 5.26 Å². The van der Waals surface area contributed by atoms with Gasteiger partial charge < -0.3 is 10.1 Å². The predicted octanol–water partition coefficient (Wildman–Crippen LogP) is 5.04. The number of pyridine rings is 1. The van der Waals surface area contributed by atoms with Gasteiger partial charge in [0.15, 0.2) is 11.4 Å². The number of aromatic nitrogens is 3. The number of nitriles is 1. The first kappa shape index (κ1) is 21.9. The lowest BCUT2D eigenvalue weighted by molar-refractivity contribution is 0.227. The van der Waals surface area contributed by atoms with Crippen molar-refractivity contribution >= 4 is 49.4 Å². The van der Waals surface area contributed by atoms with Crippen LogP contribution >= 0.6 is 9.24 Å². The maximum atomic E-state index is 11.6. The topological polar surface area (TPSA) is 113 Å². The van der Waals surface area contributed by atoms with E-state index >= 15 is 0 Å². The zero-order chi connectivity index (χ0) is 23.5. The molecule has 1 fully saturated rings. The van der Waals surface area contributed by atoms with Crippen LogP contribution in [-0.4, -0.2) is 27.8 Å². The van der Waals surface area contributed by atoms with Crippen LogP contribution in [0.3, 0.4) is 0 Å². The molecular formula is C24H20BN6O2P. The highest BCUT2D eigenvalue weighted by atomic mass is 31.0. The van der Waals surface area contributed by atoms with Gasteiger partial charge in [0.25, 0.3) is 6.71 Å². The monoisotopic (exact) mass is 466 g/mol. The fraction of sp³-hybridized carbons (Fsp3) is 0.167. The molecule has 8 nitrogen and oxygen atoms in total. The average molecular weight is 466 g/mol. The Balaban J connectivity index is 1.46. The Labute approximate surface area is 199 Å². The van der Waals surface area contributed by atoms with Gasteiger partial charge in [0.2, 0.25) is 0 Å². The average Bonchev–Trinajstić information content (AvgIpc) is 3.32. The lowest BCUT2D eigenvalue weighted by atomic mass is 9.50. The number of benzene rings is 2. The summed E-state index contributed by atoms with van der Waals surface area (Å²) >= 11 is 0. The number of ether oxygens (including phenoxy) is 1. The fourth-order valence-electron chi connectivity index (χ4n) is 4.20. The summed E-state index contributed by atoms with van der Waals surface area (Å²) < 4.78 is 6.04. The number of nitroso groups, excluding NO2 is 1. The molecule has 0 saturated carbocycles. The molecule has 2 unspecified atom stereocenters. The van der Waals surface area contributed by atoms with E-state index < -0.39 is 0 Å². The number of hydrogen-bond donors (Lipinski definition) is 1. The minimum Gasteiger partial charge on any atom is -0.489 e. The second kappa shape index (κ2) is 9.54. The third kappa shape index (κ3) is 4.46. The Morgan fingerprint density at radius 1 is 1.18 bits per heavy atom. The van der Waals surface area contributed by atoms with E-state index in [1.54, 1.807) is 18.3 Å². The third-order valence-corrected chi connectivity index (χ3v) is 6.44. The molecule has 2 atom stereocenters. The molecule has 3 heterocycles. The summed E-state index contributed by atoms with van der Waals surface area (Å²) in [7, 11) is 2.73. The van der Waals surface area contributed by atoms with Gasteiger partial charge in [-0.2, -0.15) is 0 Å². The SMILES string of the molecule is N#CB1CCC(Oc2cc3ncnc(Nc4ccnc(-c5ccccc5P)c4)c3cc2N=O)C1.